The zero-order chi connectivity index (χ0) is 18.3. The van der Waals surface area contributed by atoms with E-state index in [1.807, 2.05) is 0 Å². The summed E-state index contributed by atoms with van der Waals surface area (Å²) in [7, 11) is 1.22. The van der Waals surface area contributed by atoms with Crippen molar-refractivity contribution >= 4 is 35.3 Å². The SMILES string of the molecule is COC(=O)COc1ccc(NC(=O)NCC(C)(O)C(=O)O)cc1Cl. The van der Waals surface area contributed by atoms with Crippen molar-refractivity contribution in [2.45, 2.75) is 12.5 Å². The van der Waals surface area contributed by atoms with Gasteiger partial charge in [-0.1, -0.05) is 11.6 Å². The van der Waals surface area contributed by atoms with Crippen molar-refractivity contribution in [2.75, 3.05) is 25.6 Å². The normalized spacial score (nSPS) is 12.7. The van der Waals surface area contributed by atoms with Crippen LogP contribution in [0.2, 0.25) is 5.02 Å². The van der Waals surface area contributed by atoms with Crippen LogP contribution in [0.15, 0.2) is 18.2 Å². The van der Waals surface area contributed by atoms with E-state index in [-0.39, 0.29) is 17.4 Å². The predicted molar refractivity (Wildman–Crippen MR) is 84.2 cm³/mol. The Hall–Kier alpha value is -2.52. The van der Waals surface area contributed by atoms with E-state index in [0.717, 1.165) is 6.92 Å². The lowest BCUT2D eigenvalue weighted by Crippen LogP contribution is -2.47. The first-order valence-electron chi connectivity index (χ1n) is 6.65. The van der Waals surface area contributed by atoms with Gasteiger partial charge in [0.05, 0.1) is 18.7 Å². The highest BCUT2D eigenvalue weighted by molar-refractivity contribution is 6.32. The van der Waals surface area contributed by atoms with Gasteiger partial charge in [0, 0.05) is 5.69 Å². The minimum atomic E-state index is -2.08. The molecule has 0 aliphatic heterocycles. The van der Waals surface area contributed by atoms with Gasteiger partial charge < -0.3 is 30.3 Å². The number of urea groups is 1. The molecule has 0 saturated carbocycles. The van der Waals surface area contributed by atoms with Crippen molar-refractivity contribution in [1.29, 1.82) is 0 Å². The molecule has 2 amide bonds. The highest BCUT2D eigenvalue weighted by Crippen LogP contribution is 2.27. The van der Waals surface area contributed by atoms with Gasteiger partial charge in [0.1, 0.15) is 5.75 Å². The smallest absolute Gasteiger partial charge is 0.343 e. The Morgan fingerprint density at radius 1 is 1.33 bits per heavy atom. The van der Waals surface area contributed by atoms with Crippen LogP contribution < -0.4 is 15.4 Å². The Bertz CT molecular complexity index is 634. The minimum Gasteiger partial charge on any atom is -0.480 e. The van der Waals surface area contributed by atoms with Crippen molar-refractivity contribution in [1.82, 2.24) is 5.32 Å². The molecule has 132 valence electrons. The topological polar surface area (TPSA) is 134 Å². The van der Waals surface area contributed by atoms with Crippen LogP contribution in [0.1, 0.15) is 6.92 Å². The maximum atomic E-state index is 11.7. The first-order valence-corrected chi connectivity index (χ1v) is 7.03. The second kappa shape index (κ2) is 8.37. The summed E-state index contributed by atoms with van der Waals surface area (Å²) in [6.45, 7) is 0.260. The van der Waals surface area contributed by atoms with Crippen LogP contribution in [0.4, 0.5) is 10.5 Å². The fraction of sp³-hybridized carbons (Fsp3) is 0.357. The number of halogens is 1. The average Bonchev–Trinajstić information content (AvgIpc) is 2.51. The number of rotatable bonds is 7. The van der Waals surface area contributed by atoms with Crippen LogP contribution in [0.25, 0.3) is 0 Å². The molecule has 4 N–H and O–H groups in total. The molecule has 9 nitrogen and oxygen atoms in total. The van der Waals surface area contributed by atoms with E-state index in [4.69, 9.17) is 21.4 Å². The number of carbonyl (C=O) groups excluding carboxylic acids is 2. The van der Waals surface area contributed by atoms with Gasteiger partial charge >= 0.3 is 18.0 Å². The second-order valence-corrected chi connectivity index (χ2v) is 5.30. The molecule has 0 aliphatic rings. The lowest BCUT2D eigenvalue weighted by Gasteiger charge is -2.18. The van der Waals surface area contributed by atoms with Crippen LogP contribution in [-0.2, 0) is 14.3 Å². The minimum absolute atomic E-state index is 0.147. The molecule has 0 bridgehead atoms. The molecule has 1 aromatic rings. The largest absolute Gasteiger partial charge is 0.480 e. The van der Waals surface area contributed by atoms with Crippen molar-refractivity contribution in [3.05, 3.63) is 23.2 Å². The third kappa shape index (κ3) is 5.94. The number of anilines is 1. The highest BCUT2D eigenvalue weighted by Gasteiger charge is 2.30. The summed E-state index contributed by atoms with van der Waals surface area (Å²) in [4.78, 5) is 33.4. The number of ether oxygens (including phenoxy) is 2. The summed E-state index contributed by atoms with van der Waals surface area (Å²) in [5.74, 6) is -1.81. The Morgan fingerprint density at radius 3 is 2.54 bits per heavy atom. The van der Waals surface area contributed by atoms with Crippen molar-refractivity contribution < 1.29 is 34.1 Å². The van der Waals surface area contributed by atoms with Crippen LogP contribution in [0.5, 0.6) is 5.75 Å². The summed E-state index contributed by atoms with van der Waals surface area (Å²) in [5.41, 5.74) is -1.78. The molecule has 0 aliphatic carbocycles. The quantitative estimate of drug-likeness (QED) is 0.529. The molecular formula is C14H17ClN2O7. The number of aliphatic carboxylic acids is 1. The Labute approximate surface area is 142 Å². The molecule has 24 heavy (non-hydrogen) atoms. The van der Waals surface area contributed by atoms with E-state index < -0.39 is 30.1 Å². The van der Waals surface area contributed by atoms with E-state index in [2.05, 4.69) is 15.4 Å². The number of aliphatic hydroxyl groups is 1. The number of esters is 1. The Balaban J connectivity index is 2.59. The van der Waals surface area contributed by atoms with E-state index >= 15 is 0 Å². The molecule has 1 rings (SSSR count). The summed E-state index contributed by atoms with van der Waals surface area (Å²) in [5, 5.41) is 23.0. The third-order valence-corrected chi connectivity index (χ3v) is 3.11. The molecule has 0 fully saturated rings. The van der Waals surface area contributed by atoms with Gasteiger partial charge in [-0.2, -0.15) is 0 Å². The molecule has 1 unspecified atom stereocenters. The summed E-state index contributed by atoms with van der Waals surface area (Å²) >= 11 is 5.96. The molecule has 0 heterocycles. The maximum Gasteiger partial charge on any atom is 0.343 e. The molecule has 0 saturated heterocycles. The second-order valence-electron chi connectivity index (χ2n) is 4.90. The molecule has 10 heteroatoms. The third-order valence-electron chi connectivity index (χ3n) is 2.82. The van der Waals surface area contributed by atoms with E-state index in [1.165, 1.54) is 25.3 Å². The van der Waals surface area contributed by atoms with Gasteiger partial charge in [0.15, 0.2) is 12.2 Å². The van der Waals surface area contributed by atoms with E-state index in [9.17, 15) is 19.5 Å². The number of hydrogen-bond acceptors (Lipinski definition) is 6. The molecule has 1 atom stereocenters. The molecule has 0 radical (unpaired) electrons. The zero-order valence-corrected chi connectivity index (χ0v) is 13.7. The van der Waals surface area contributed by atoms with Crippen molar-refractivity contribution in [3.63, 3.8) is 0 Å². The Morgan fingerprint density at radius 2 is 2.00 bits per heavy atom. The standard InChI is InChI=1S/C14H17ClN2O7/c1-14(22,12(19)20)7-16-13(21)17-8-3-4-10(9(15)5-8)24-6-11(18)23-2/h3-5,22H,6-7H2,1-2H3,(H,19,20)(H2,16,17,21). The lowest BCUT2D eigenvalue weighted by atomic mass is 10.1. The number of methoxy groups -OCH3 is 1. The van der Waals surface area contributed by atoms with Crippen molar-refractivity contribution in [3.8, 4) is 5.75 Å². The highest BCUT2D eigenvalue weighted by atomic mass is 35.5. The van der Waals surface area contributed by atoms with Gasteiger partial charge in [-0.3, -0.25) is 0 Å². The van der Waals surface area contributed by atoms with E-state index in [0.29, 0.717) is 5.69 Å². The molecule has 0 spiro atoms. The number of hydrogen-bond donors (Lipinski definition) is 4. The molecular weight excluding hydrogens is 344 g/mol. The fourth-order valence-corrected chi connectivity index (χ4v) is 1.63. The number of carboxylic acid groups (broad SMARTS) is 1. The molecule has 1 aromatic carbocycles. The zero-order valence-electron chi connectivity index (χ0n) is 13.0. The average molecular weight is 361 g/mol. The number of carbonyl (C=O) groups is 3. The van der Waals surface area contributed by atoms with Crippen LogP contribution in [0.3, 0.4) is 0 Å². The predicted octanol–water partition coefficient (Wildman–Crippen LogP) is 0.849. The number of amides is 2. The summed E-state index contributed by atoms with van der Waals surface area (Å²) in [6, 6.07) is 3.56. The van der Waals surface area contributed by atoms with Crippen LogP contribution >= 0.6 is 11.6 Å². The molecule has 0 aromatic heterocycles. The number of nitrogens with one attached hydrogen (secondary N) is 2. The summed E-state index contributed by atoms with van der Waals surface area (Å²) in [6.07, 6.45) is 0. The van der Waals surface area contributed by atoms with Crippen LogP contribution in [0, 0.1) is 0 Å². The first kappa shape index (κ1) is 19.5. The monoisotopic (exact) mass is 360 g/mol. The van der Waals surface area contributed by atoms with Gasteiger partial charge in [0.25, 0.3) is 0 Å². The lowest BCUT2D eigenvalue weighted by molar-refractivity contribution is -0.155. The van der Waals surface area contributed by atoms with Crippen LogP contribution in [-0.4, -0.2) is 54.0 Å². The summed E-state index contributed by atoms with van der Waals surface area (Å²) < 4.78 is 9.56. The number of carboxylic acids is 1. The number of benzene rings is 1. The maximum absolute atomic E-state index is 11.7. The first-order chi connectivity index (χ1) is 11.2. The van der Waals surface area contributed by atoms with Gasteiger partial charge in [-0.15, -0.1) is 0 Å². The van der Waals surface area contributed by atoms with Crippen molar-refractivity contribution in [2.24, 2.45) is 0 Å². The van der Waals surface area contributed by atoms with Gasteiger partial charge in [-0.05, 0) is 25.1 Å². The van der Waals surface area contributed by atoms with E-state index in [1.54, 1.807) is 0 Å². The van der Waals surface area contributed by atoms with Gasteiger partial charge in [0.2, 0.25) is 0 Å². The fourth-order valence-electron chi connectivity index (χ4n) is 1.39. The Kier molecular flexibility index (Phi) is 6.81. The van der Waals surface area contributed by atoms with Gasteiger partial charge in [-0.25, -0.2) is 14.4 Å².